The summed E-state index contributed by atoms with van der Waals surface area (Å²) in [6.07, 6.45) is 1.30. The van der Waals surface area contributed by atoms with Gasteiger partial charge in [0.1, 0.15) is 5.01 Å². The third kappa shape index (κ3) is 3.77. The highest BCUT2D eigenvalue weighted by atomic mass is 32.1. The Bertz CT molecular complexity index is 1050. The molecular formula is C21H19N3OS2. The van der Waals surface area contributed by atoms with E-state index in [2.05, 4.69) is 41.2 Å². The molecule has 0 saturated carbocycles. The number of hydrogen-bond acceptors (Lipinski definition) is 5. The first-order valence-electron chi connectivity index (χ1n) is 8.80. The Kier molecular flexibility index (Phi) is 5.01. The molecule has 2 aromatic heterocycles. The van der Waals surface area contributed by atoms with Gasteiger partial charge in [0, 0.05) is 18.0 Å². The minimum Gasteiger partial charge on any atom is -0.291 e. The van der Waals surface area contributed by atoms with Crippen molar-refractivity contribution in [2.75, 3.05) is 11.9 Å². The van der Waals surface area contributed by atoms with Gasteiger partial charge >= 0.3 is 0 Å². The molecule has 0 aliphatic carbocycles. The second-order valence-electron chi connectivity index (χ2n) is 6.29. The van der Waals surface area contributed by atoms with Gasteiger partial charge in [0.15, 0.2) is 5.13 Å². The molecule has 0 bridgehead atoms. The van der Waals surface area contributed by atoms with E-state index >= 15 is 0 Å². The zero-order valence-electron chi connectivity index (χ0n) is 15.2. The number of carbonyl (C=O) groups excluding carboxylic acids is 1. The molecular weight excluding hydrogens is 374 g/mol. The lowest BCUT2D eigenvalue weighted by atomic mass is 10.1. The Morgan fingerprint density at radius 3 is 2.59 bits per heavy atom. The molecule has 2 aromatic carbocycles. The normalized spacial score (nSPS) is 11.0. The van der Waals surface area contributed by atoms with Crippen LogP contribution in [-0.4, -0.2) is 22.9 Å². The maximum Gasteiger partial charge on any atom is 0.234 e. The lowest BCUT2D eigenvalue weighted by molar-refractivity contribution is -0.117. The number of benzene rings is 2. The van der Waals surface area contributed by atoms with E-state index in [4.69, 9.17) is 0 Å². The Labute approximate surface area is 166 Å². The summed E-state index contributed by atoms with van der Waals surface area (Å²) >= 11 is 3.10. The van der Waals surface area contributed by atoms with Crippen molar-refractivity contribution in [1.29, 1.82) is 0 Å². The SMILES string of the molecule is CCc1ccc(-c2nc(CC(=O)N(C)c3nc4ccccc4s3)cs2)cc1. The van der Waals surface area contributed by atoms with Crippen LogP contribution < -0.4 is 4.90 Å². The van der Waals surface area contributed by atoms with Gasteiger partial charge in [-0.3, -0.25) is 9.69 Å². The van der Waals surface area contributed by atoms with E-state index in [1.165, 1.54) is 16.9 Å². The highest BCUT2D eigenvalue weighted by molar-refractivity contribution is 7.22. The van der Waals surface area contributed by atoms with Crippen LogP contribution in [0.25, 0.3) is 20.8 Å². The number of aryl methyl sites for hydroxylation is 1. The van der Waals surface area contributed by atoms with Gasteiger partial charge in [-0.25, -0.2) is 9.97 Å². The summed E-state index contributed by atoms with van der Waals surface area (Å²) in [6.45, 7) is 2.14. The van der Waals surface area contributed by atoms with Crippen LogP contribution in [0.5, 0.6) is 0 Å². The number of nitrogens with zero attached hydrogens (tertiary/aromatic N) is 3. The number of rotatable bonds is 5. The second-order valence-corrected chi connectivity index (χ2v) is 8.16. The van der Waals surface area contributed by atoms with Crippen molar-refractivity contribution < 1.29 is 4.79 Å². The van der Waals surface area contributed by atoms with Gasteiger partial charge in [0.25, 0.3) is 0 Å². The van der Waals surface area contributed by atoms with E-state index in [9.17, 15) is 4.79 Å². The minimum absolute atomic E-state index is 0.00719. The summed E-state index contributed by atoms with van der Waals surface area (Å²) in [5, 5.41) is 3.63. The molecule has 0 saturated heterocycles. The molecule has 6 heteroatoms. The fourth-order valence-corrected chi connectivity index (χ4v) is 4.56. The standard InChI is InChI=1S/C21H19N3OS2/c1-3-14-8-10-15(11-9-14)20-22-16(13-26-20)12-19(25)24(2)21-23-17-6-4-5-7-18(17)27-21/h4-11,13H,3,12H2,1-2H3. The van der Waals surface area contributed by atoms with Gasteiger partial charge in [-0.2, -0.15) is 0 Å². The van der Waals surface area contributed by atoms with Crippen molar-refractivity contribution in [2.45, 2.75) is 19.8 Å². The summed E-state index contributed by atoms with van der Waals surface area (Å²) < 4.78 is 1.08. The molecule has 0 aliphatic rings. The topological polar surface area (TPSA) is 46.1 Å². The van der Waals surface area contributed by atoms with Crippen molar-refractivity contribution in [3.8, 4) is 10.6 Å². The fourth-order valence-electron chi connectivity index (χ4n) is 2.79. The third-order valence-electron chi connectivity index (χ3n) is 4.44. The van der Waals surface area contributed by atoms with E-state index in [1.54, 1.807) is 23.3 Å². The molecule has 0 radical (unpaired) electrons. The van der Waals surface area contributed by atoms with Gasteiger partial charge in [0.05, 0.1) is 22.3 Å². The van der Waals surface area contributed by atoms with E-state index < -0.39 is 0 Å². The summed E-state index contributed by atoms with van der Waals surface area (Å²) in [4.78, 5) is 23.5. The van der Waals surface area contributed by atoms with Crippen LogP contribution in [0.4, 0.5) is 5.13 Å². The zero-order chi connectivity index (χ0) is 18.8. The van der Waals surface area contributed by atoms with Crippen LogP contribution in [0.3, 0.4) is 0 Å². The average Bonchev–Trinajstić information content (AvgIpc) is 3.34. The summed E-state index contributed by atoms with van der Waals surface area (Å²) in [5.74, 6) is -0.00719. The number of likely N-dealkylation sites (N-methyl/N-ethyl adjacent to an activating group) is 1. The lowest BCUT2D eigenvalue weighted by Crippen LogP contribution is -2.27. The first-order chi connectivity index (χ1) is 13.1. The monoisotopic (exact) mass is 393 g/mol. The molecule has 136 valence electrons. The first-order valence-corrected chi connectivity index (χ1v) is 10.5. The maximum absolute atomic E-state index is 12.7. The average molecular weight is 394 g/mol. The Balaban J connectivity index is 1.48. The molecule has 4 rings (SSSR count). The zero-order valence-corrected chi connectivity index (χ0v) is 16.8. The number of fused-ring (bicyclic) bond motifs is 1. The van der Waals surface area contributed by atoms with Gasteiger partial charge in [-0.1, -0.05) is 54.7 Å². The van der Waals surface area contributed by atoms with Crippen LogP contribution in [0.2, 0.25) is 0 Å². The number of aromatic nitrogens is 2. The lowest BCUT2D eigenvalue weighted by Gasteiger charge is -2.12. The van der Waals surface area contributed by atoms with Crippen LogP contribution in [-0.2, 0) is 17.6 Å². The van der Waals surface area contributed by atoms with E-state index in [1.807, 2.05) is 29.6 Å². The second kappa shape index (κ2) is 7.58. The van der Waals surface area contributed by atoms with Crippen molar-refractivity contribution >= 4 is 43.9 Å². The van der Waals surface area contributed by atoms with Crippen molar-refractivity contribution in [3.05, 3.63) is 65.2 Å². The third-order valence-corrected chi connectivity index (χ3v) is 6.49. The number of hydrogen-bond donors (Lipinski definition) is 0. The molecule has 0 unspecified atom stereocenters. The molecule has 4 aromatic rings. The quantitative estimate of drug-likeness (QED) is 0.469. The summed E-state index contributed by atoms with van der Waals surface area (Å²) in [7, 11) is 1.77. The molecule has 0 fully saturated rings. The van der Waals surface area contributed by atoms with Crippen molar-refractivity contribution in [3.63, 3.8) is 0 Å². The molecule has 0 atom stereocenters. The van der Waals surface area contributed by atoms with Crippen molar-refractivity contribution in [1.82, 2.24) is 9.97 Å². The van der Waals surface area contributed by atoms with Crippen molar-refractivity contribution in [2.24, 2.45) is 0 Å². The molecule has 0 N–H and O–H groups in total. The molecule has 1 amide bonds. The van der Waals surface area contributed by atoms with Crippen LogP contribution in [0.15, 0.2) is 53.9 Å². The largest absolute Gasteiger partial charge is 0.291 e. The van der Waals surface area contributed by atoms with Gasteiger partial charge in [0.2, 0.25) is 5.91 Å². The highest BCUT2D eigenvalue weighted by Crippen LogP contribution is 2.29. The van der Waals surface area contributed by atoms with E-state index in [0.717, 1.165) is 32.9 Å². The van der Waals surface area contributed by atoms with Crippen LogP contribution in [0.1, 0.15) is 18.2 Å². The number of thiazole rings is 2. The Morgan fingerprint density at radius 1 is 1.07 bits per heavy atom. The molecule has 0 aliphatic heterocycles. The summed E-state index contributed by atoms with van der Waals surface area (Å²) in [6, 6.07) is 16.4. The molecule has 4 nitrogen and oxygen atoms in total. The first kappa shape index (κ1) is 17.8. The minimum atomic E-state index is -0.00719. The fraction of sp³-hybridized carbons (Fsp3) is 0.190. The van der Waals surface area contributed by atoms with E-state index in [0.29, 0.717) is 5.13 Å². The number of para-hydroxylation sites is 1. The predicted molar refractivity (Wildman–Crippen MR) is 114 cm³/mol. The summed E-state index contributed by atoms with van der Waals surface area (Å²) in [5.41, 5.74) is 4.12. The van der Waals surface area contributed by atoms with E-state index in [-0.39, 0.29) is 12.3 Å². The van der Waals surface area contributed by atoms with Gasteiger partial charge in [-0.05, 0) is 24.1 Å². The van der Waals surface area contributed by atoms with Crippen LogP contribution in [0, 0.1) is 0 Å². The number of carbonyl (C=O) groups is 1. The van der Waals surface area contributed by atoms with Gasteiger partial charge < -0.3 is 0 Å². The smallest absolute Gasteiger partial charge is 0.234 e. The van der Waals surface area contributed by atoms with Crippen LogP contribution >= 0.6 is 22.7 Å². The van der Waals surface area contributed by atoms with Gasteiger partial charge in [-0.15, -0.1) is 11.3 Å². The number of amides is 1. The Morgan fingerprint density at radius 2 is 1.85 bits per heavy atom. The maximum atomic E-state index is 12.7. The molecule has 2 heterocycles. The molecule has 0 spiro atoms. The Hall–Kier alpha value is -2.57. The molecule has 27 heavy (non-hydrogen) atoms. The number of anilines is 1. The highest BCUT2D eigenvalue weighted by Gasteiger charge is 2.17. The predicted octanol–water partition coefficient (Wildman–Crippen LogP) is 5.19.